The van der Waals surface area contributed by atoms with Gasteiger partial charge in [0.15, 0.2) is 0 Å². The molecule has 0 radical (unpaired) electrons. The largest absolute Gasteiger partial charge is 0.115 e. The van der Waals surface area contributed by atoms with E-state index in [4.69, 9.17) is 6.42 Å². The van der Waals surface area contributed by atoms with Gasteiger partial charge in [-0.15, -0.1) is 6.42 Å². The van der Waals surface area contributed by atoms with Crippen LogP contribution < -0.4 is 21.2 Å². The van der Waals surface area contributed by atoms with Crippen LogP contribution in [0.4, 0.5) is 0 Å². The molecule has 0 nitrogen and oxygen atoms in total. The normalized spacial score (nSPS) is 11.3. The van der Waals surface area contributed by atoms with Crippen molar-refractivity contribution in [2.45, 2.75) is 5.40 Å². The van der Waals surface area contributed by atoms with Gasteiger partial charge >= 0.3 is 0 Å². The monoisotopic (exact) mass is 434 g/mol. The first-order valence-corrected chi connectivity index (χ1v) is 13.1. The summed E-state index contributed by atoms with van der Waals surface area (Å²) in [7, 11) is -1.33. The predicted molar refractivity (Wildman–Crippen MR) is 140 cm³/mol. The molecule has 31 heavy (non-hydrogen) atoms. The van der Waals surface area contributed by atoms with Gasteiger partial charge < -0.3 is 0 Å². The van der Waals surface area contributed by atoms with Crippen molar-refractivity contribution < 1.29 is 0 Å². The molecule has 0 aliphatic rings. The third-order valence-electron chi connectivity index (χ3n) is 5.03. The first kappa shape index (κ1) is 21.3. The van der Waals surface area contributed by atoms with Crippen LogP contribution in [-0.2, 0) is 0 Å². The van der Waals surface area contributed by atoms with Gasteiger partial charge in [0.1, 0.15) is 0 Å². The Kier molecular flexibility index (Phi) is 7.47. The molecular weight excluding hydrogens is 410 g/mol. The highest BCUT2D eigenvalue weighted by atomic mass is 31.2. The molecule has 0 atom stereocenters. The third kappa shape index (κ3) is 5.21. The Morgan fingerprint density at radius 1 is 0.516 bits per heavy atom. The molecule has 0 N–H and O–H groups in total. The molecule has 0 heterocycles. The maximum atomic E-state index is 5.71. The molecule has 0 aliphatic heterocycles. The van der Waals surface area contributed by atoms with Crippen LogP contribution in [0.3, 0.4) is 0 Å². The van der Waals surface area contributed by atoms with E-state index >= 15 is 0 Å². The SMILES string of the molecule is C#C/C=C/C(P(c1ccccc1)c1ccccc1)P(c1ccccc1)c1ccccc1. The van der Waals surface area contributed by atoms with Crippen LogP contribution in [0.15, 0.2) is 133 Å². The molecular formula is C29H24P2. The highest BCUT2D eigenvalue weighted by Gasteiger charge is 2.31. The van der Waals surface area contributed by atoms with Crippen molar-refractivity contribution in [1.82, 2.24) is 0 Å². The average molecular weight is 434 g/mol. The van der Waals surface area contributed by atoms with Crippen molar-refractivity contribution in [2.75, 3.05) is 0 Å². The molecule has 0 fully saturated rings. The summed E-state index contributed by atoms with van der Waals surface area (Å²) in [4.78, 5) is 0. The van der Waals surface area contributed by atoms with Crippen LogP contribution in [0.5, 0.6) is 0 Å². The number of benzene rings is 4. The average Bonchev–Trinajstić information content (AvgIpc) is 2.85. The maximum Gasteiger partial charge on any atom is 0.0343 e. The molecule has 2 heteroatoms. The summed E-state index contributed by atoms with van der Waals surface area (Å²) in [6.07, 6.45) is 9.88. The standard InChI is InChI=1S/C29H24P2/c1-2-3-24-29(30(25-16-8-4-9-17-25)26-18-10-5-11-19-26)31(27-20-12-6-13-21-27)28-22-14-7-15-23-28/h1,3-24,29H/b24-3+. The number of rotatable bonds is 7. The van der Waals surface area contributed by atoms with E-state index in [1.807, 2.05) is 6.08 Å². The lowest BCUT2D eigenvalue weighted by Crippen LogP contribution is -2.26. The van der Waals surface area contributed by atoms with Crippen LogP contribution in [0.25, 0.3) is 0 Å². The summed E-state index contributed by atoms with van der Waals surface area (Å²) < 4.78 is 0. The smallest absolute Gasteiger partial charge is 0.0343 e. The van der Waals surface area contributed by atoms with Gasteiger partial charge in [-0.2, -0.15) is 0 Å². The molecule has 4 aromatic rings. The Morgan fingerprint density at radius 3 is 1.06 bits per heavy atom. The fraction of sp³-hybridized carbons (Fsp3) is 0.0345. The Balaban J connectivity index is 1.94. The minimum Gasteiger partial charge on any atom is -0.115 e. The van der Waals surface area contributed by atoms with Gasteiger partial charge in [-0.3, -0.25) is 0 Å². The second-order valence-corrected chi connectivity index (χ2v) is 12.1. The second-order valence-electron chi connectivity index (χ2n) is 7.02. The molecule has 0 spiro atoms. The van der Waals surface area contributed by atoms with E-state index in [-0.39, 0.29) is 5.40 Å². The first-order valence-electron chi connectivity index (χ1n) is 10.3. The quantitative estimate of drug-likeness (QED) is 0.256. The Bertz CT molecular complexity index is 969. The third-order valence-corrected chi connectivity index (χ3v) is 11.2. The minimum atomic E-state index is -0.666. The van der Waals surface area contributed by atoms with Gasteiger partial charge in [-0.25, -0.2) is 0 Å². The molecule has 0 aliphatic carbocycles. The number of hydrogen-bond acceptors (Lipinski definition) is 0. The first-order chi connectivity index (χ1) is 15.4. The number of terminal acetylenes is 1. The van der Waals surface area contributed by atoms with Gasteiger partial charge in [0.2, 0.25) is 0 Å². The van der Waals surface area contributed by atoms with Crippen molar-refractivity contribution in [3.8, 4) is 12.3 Å². The Labute approximate surface area is 188 Å². The summed E-state index contributed by atoms with van der Waals surface area (Å²) in [5.74, 6) is 2.75. The van der Waals surface area contributed by atoms with E-state index in [1.165, 1.54) is 21.2 Å². The topological polar surface area (TPSA) is 0 Å². The fourth-order valence-electron chi connectivity index (χ4n) is 3.69. The van der Waals surface area contributed by atoms with Gasteiger partial charge in [-0.1, -0.05) is 133 Å². The zero-order valence-corrected chi connectivity index (χ0v) is 19.0. The summed E-state index contributed by atoms with van der Waals surface area (Å²) in [6.45, 7) is 0. The number of allylic oxidation sites excluding steroid dienone is 2. The van der Waals surface area contributed by atoms with E-state index in [0.29, 0.717) is 0 Å². The summed E-state index contributed by atoms with van der Waals surface area (Å²) in [5, 5.41) is 5.75. The van der Waals surface area contributed by atoms with E-state index in [2.05, 4.69) is 133 Å². The molecule has 0 saturated carbocycles. The van der Waals surface area contributed by atoms with Gasteiger partial charge in [0, 0.05) is 5.40 Å². The van der Waals surface area contributed by atoms with E-state index in [0.717, 1.165) is 0 Å². The minimum absolute atomic E-state index is 0.274. The maximum absolute atomic E-state index is 5.71. The molecule has 0 bridgehead atoms. The Morgan fingerprint density at radius 2 is 0.806 bits per heavy atom. The molecule has 0 saturated heterocycles. The van der Waals surface area contributed by atoms with Crippen molar-refractivity contribution in [2.24, 2.45) is 0 Å². The van der Waals surface area contributed by atoms with Crippen LogP contribution in [0.2, 0.25) is 0 Å². The van der Waals surface area contributed by atoms with Crippen molar-refractivity contribution in [1.29, 1.82) is 0 Å². The van der Waals surface area contributed by atoms with Gasteiger partial charge in [-0.05, 0) is 43.1 Å². The predicted octanol–water partition coefficient (Wildman–Crippen LogP) is 5.77. The fourth-order valence-corrected chi connectivity index (χ4v) is 10.5. The summed E-state index contributed by atoms with van der Waals surface area (Å²) in [6, 6.07) is 43.6. The van der Waals surface area contributed by atoms with Gasteiger partial charge in [0.25, 0.3) is 0 Å². The number of hydrogen-bond donors (Lipinski definition) is 0. The van der Waals surface area contributed by atoms with Crippen molar-refractivity contribution in [3.63, 3.8) is 0 Å². The molecule has 4 aromatic carbocycles. The van der Waals surface area contributed by atoms with E-state index < -0.39 is 15.8 Å². The molecule has 0 aromatic heterocycles. The second kappa shape index (κ2) is 10.9. The lowest BCUT2D eigenvalue weighted by atomic mass is 10.4. The van der Waals surface area contributed by atoms with Crippen LogP contribution in [0.1, 0.15) is 0 Å². The lowest BCUT2D eigenvalue weighted by Gasteiger charge is -2.34. The van der Waals surface area contributed by atoms with Crippen LogP contribution in [0, 0.1) is 12.3 Å². The molecule has 150 valence electrons. The highest BCUT2D eigenvalue weighted by Crippen LogP contribution is 2.56. The van der Waals surface area contributed by atoms with Crippen molar-refractivity contribution >= 4 is 37.1 Å². The molecule has 0 unspecified atom stereocenters. The van der Waals surface area contributed by atoms with Crippen LogP contribution in [-0.4, -0.2) is 5.40 Å². The zero-order chi connectivity index (χ0) is 21.3. The lowest BCUT2D eigenvalue weighted by molar-refractivity contribution is 1.58. The van der Waals surface area contributed by atoms with E-state index in [1.54, 1.807) is 0 Å². The Hall–Kier alpha value is -2.96. The summed E-state index contributed by atoms with van der Waals surface area (Å²) >= 11 is 0. The van der Waals surface area contributed by atoms with E-state index in [9.17, 15) is 0 Å². The molecule has 4 rings (SSSR count). The van der Waals surface area contributed by atoms with Crippen molar-refractivity contribution in [3.05, 3.63) is 133 Å². The highest BCUT2D eigenvalue weighted by molar-refractivity contribution is 7.89. The summed E-state index contributed by atoms with van der Waals surface area (Å²) in [5.41, 5.74) is 0. The molecule has 0 amide bonds. The zero-order valence-electron chi connectivity index (χ0n) is 17.3. The van der Waals surface area contributed by atoms with Crippen LogP contribution >= 0.6 is 15.8 Å². The van der Waals surface area contributed by atoms with Gasteiger partial charge in [0.05, 0.1) is 0 Å².